The molecule has 3 aromatic rings. The van der Waals surface area contributed by atoms with Crippen LogP contribution in [0.2, 0.25) is 5.02 Å². The van der Waals surface area contributed by atoms with E-state index in [1.54, 1.807) is 12.1 Å². The average Bonchev–Trinajstić information content (AvgIpc) is 3.89. The van der Waals surface area contributed by atoms with E-state index in [4.69, 9.17) is 16.3 Å². The number of rotatable bonds is 13. The molecular formula is C31H36ClF3N6O4S. The van der Waals surface area contributed by atoms with Gasteiger partial charge in [0.15, 0.2) is 6.61 Å². The fourth-order valence-corrected chi connectivity index (χ4v) is 6.11. The van der Waals surface area contributed by atoms with Gasteiger partial charge in [-0.1, -0.05) is 56.6 Å². The van der Waals surface area contributed by atoms with Crippen LogP contribution < -0.4 is 20.1 Å². The van der Waals surface area contributed by atoms with Gasteiger partial charge in [-0.2, -0.15) is 28.1 Å². The summed E-state index contributed by atoms with van der Waals surface area (Å²) in [6.07, 6.45) is -1.86. The molecule has 0 aliphatic heterocycles. The zero-order valence-electron chi connectivity index (χ0n) is 25.7. The van der Waals surface area contributed by atoms with Crippen LogP contribution in [0.5, 0.6) is 6.01 Å². The lowest BCUT2D eigenvalue weighted by Gasteiger charge is -2.22. The van der Waals surface area contributed by atoms with Crippen molar-refractivity contribution in [1.29, 1.82) is 0 Å². The number of hydrogen-bond acceptors (Lipinski definition) is 9. The summed E-state index contributed by atoms with van der Waals surface area (Å²) in [6.45, 7) is 5.70. The van der Waals surface area contributed by atoms with Crippen molar-refractivity contribution in [1.82, 2.24) is 25.0 Å². The van der Waals surface area contributed by atoms with Crippen LogP contribution in [0.15, 0.2) is 53.4 Å². The normalized spacial score (nSPS) is 16.8. The molecule has 1 heterocycles. The highest BCUT2D eigenvalue weighted by atomic mass is 35.5. The van der Waals surface area contributed by atoms with Crippen molar-refractivity contribution >= 4 is 33.5 Å². The zero-order chi connectivity index (χ0) is 33.4. The van der Waals surface area contributed by atoms with Crippen molar-refractivity contribution in [3.8, 4) is 6.01 Å². The quantitative estimate of drug-likeness (QED) is 0.218. The molecule has 248 valence electrons. The summed E-state index contributed by atoms with van der Waals surface area (Å²) < 4.78 is 71.8. The first kappa shape index (κ1) is 33.9. The molecule has 2 saturated carbocycles. The molecular weight excluding hydrogens is 645 g/mol. The van der Waals surface area contributed by atoms with Crippen molar-refractivity contribution in [2.75, 3.05) is 25.0 Å². The predicted octanol–water partition coefficient (Wildman–Crippen LogP) is 5.38. The third-order valence-corrected chi connectivity index (χ3v) is 9.40. The number of aromatic nitrogens is 3. The Balaban J connectivity index is 1.29. The van der Waals surface area contributed by atoms with Gasteiger partial charge in [0.05, 0.1) is 15.8 Å². The maximum absolute atomic E-state index is 13.0. The Hall–Kier alpha value is -3.49. The van der Waals surface area contributed by atoms with Crippen LogP contribution in [-0.2, 0) is 26.8 Å². The van der Waals surface area contributed by atoms with Crippen molar-refractivity contribution in [2.45, 2.75) is 69.5 Å². The van der Waals surface area contributed by atoms with Gasteiger partial charge in [-0.25, -0.2) is 13.1 Å². The molecule has 0 atom stereocenters. The number of amides is 1. The highest BCUT2D eigenvalue weighted by Gasteiger charge is 2.50. The molecule has 2 fully saturated rings. The van der Waals surface area contributed by atoms with Crippen LogP contribution >= 0.6 is 11.6 Å². The van der Waals surface area contributed by atoms with E-state index >= 15 is 0 Å². The largest absolute Gasteiger partial charge is 0.454 e. The highest BCUT2D eigenvalue weighted by Crippen LogP contribution is 2.48. The molecule has 2 aliphatic rings. The number of ether oxygens (including phenoxy) is 1. The second-order valence-electron chi connectivity index (χ2n) is 13.2. The van der Waals surface area contributed by atoms with Crippen molar-refractivity contribution in [2.24, 2.45) is 10.8 Å². The number of nitrogens with one attached hydrogen (secondary N) is 3. The van der Waals surface area contributed by atoms with Crippen molar-refractivity contribution in [3.05, 3.63) is 70.5 Å². The van der Waals surface area contributed by atoms with Gasteiger partial charge in [-0.3, -0.25) is 4.79 Å². The third kappa shape index (κ3) is 8.85. The van der Waals surface area contributed by atoms with Gasteiger partial charge in [0.2, 0.25) is 11.9 Å². The summed E-state index contributed by atoms with van der Waals surface area (Å²) in [4.78, 5) is 25.4. The maximum atomic E-state index is 13.0. The van der Waals surface area contributed by atoms with Gasteiger partial charge >= 0.3 is 12.2 Å². The lowest BCUT2D eigenvalue weighted by Crippen LogP contribution is -2.42. The lowest BCUT2D eigenvalue weighted by atomic mass is 9.96. The van der Waals surface area contributed by atoms with E-state index in [0.717, 1.165) is 18.4 Å². The minimum Gasteiger partial charge on any atom is -0.454 e. The molecule has 5 rings (SSSR count). The molecule has 3 N–H and O–H groups in total. The first-order valence-corrected chi connectivity index (χ1v) is 16.7. The average molecular weight is 681 g/mol. The number of carbonyl (C=O) groups excluding carboxylic acids is 1. The van der Waals surface area contributed by atoms with E-state index in [-0.39, 0.29) is 28.5 Å². The molecule has 1 amide bonds. The van der Waals surface area contributed by atoms with Gasteiger partial charge in [0, 0.05) is 24.5 Å². The highest BCUT2D eigenvalue weighted by molar-refractivity contribution is 7.90. The minimum atomic E-state index is -4.60. The molecule has 0 radical (unpaired) electrons. The molecule has 2 aromatic carbocycles. The number of alkyl halides is 3. The summed E-state index contributed by atoms with van der Waals surface area (Å²) in [5, 5.41) is 7.06. The summed E-state index contributed by atoms with van der Waals surface area (Å²) >= 11 is 6.02. The van der Waals surface area contributed by atoms with Crippen LogP contribution in [-0.4, -0.2) is 55.1 Å². The number of anilines is 1. The number of benzene rings is 2. The van der Waals surface area contributed by atoms with E-state index in [1.165, 1.54) is 24.3 Å². The Labute approximate surface area is 271 Å². The summed E-state index contributed by atoms with van der Waals surface area (Å²) in [5.74, 6) is -0.381. The van der Waals surface area contributed by atoms with Crippen LogP contribution in [0, 0.1) is 10.8 Å². The van der Waals surface area contributed by atoms with Gasteiger partial charge in [-0.15, -0.1) is 0 Å². The number of carbonyl (C=O) groups is 1. The lowest BCUT2D eigenvalue weighted by molar-refractivity contribution is -0.154. The number of hydrogen-bond donors (Lipinski definition) is 3. The predicted molar refractivity (Wildman–Crippen MR) is 166 cm³/mol. The Kier molecular flexibility index (Phi) is 9.28. The smallest absolute Gasteiger partial charge is 0.422 e. The van der Waals surface area contributed by atoms with Gasteiger partial charge in [-0.05, 0) is 66.5 Å². The van der Waals surface area contributed by atoms with Crippen LogP contribution in [0.4, 0.5) is 19.1 Å². The first-order chi connectivity index (χ1) is 21.5. The molecule has 15 heteroatoms. The van der Waals surface area contributed by atoms with E-state index in [1.807, 2.05) is 12.1 Å². The topological polar surface area (TPSA) is 135 Å². The Morgan fingerprint density at radius 2 is 1.61 bits per heavy atom. The van der Waals surface area contributed by atoms with E-state index in [0.29, 0.717) is 36.5 Å². The summed E-state index contributed by atoms with van der Waals surface area (Å²) in [7, 11) is -4.14. The second kappa shape index (κ2) is 12.6. The van der Waals surface area contributed by atoms with Gasteiger partial charge in [0.25, 0.3) is 10.0 Å². The standard InChI is InChI=1S/C31H36ClF3N6O4S/c1-28(2,3)17-36-18-29(12-13-29)25(42)41-46(43,44)23-10-4-20(5-11-23)16-24-37-26(39-27(38-24)45-19-31(33,34)35)40-30(14-15-30)21-6-8-22(32)9-7-21/h4-11,36H,12-19H2,1-3H3,(H,41,42)(H,37,38,39,40). The van der Waals surface area contributed by atoms with Crippen LogP contribution in [0.3, 0.4) is 0 Å². The van der Waals surface area contributed by atoms with Gasteiger partial charge in [0.1, 0.15) is 5.82 Å². The van der Waals surface area contributed by atoms with Crippen molar-refractivity contribution in [3.63, 3.8) is 0 Å². The second-order valence-corrected chi connectivity index (χ2v) is 15.3. The number of sulfonamides is 1. The summed E-state index contributed by atoms with van der Waals surface area (Å²) in [5.41, 5.74) is 0.268. The maximum Gasteiger partial charge on any atom is 0.422 e. The molecule has 10 nitrogen and oxygen atoms in total. The fraction of sp³-hybridized carbons (Fsp3) is 0.484. The molecule has 1 aromatic heterocycles. The van der Waals surface area contributed by atoms with Crippen molar-refractivity contribution < 1.29 is 31.1 Å². The van der Waals surface area contributed by atoms with Crippen LogP contribution in [0.25, 0.3) is 0 Å². The Bertz CT molecular complexity index is 1670. The molecule has 2 aliphatic carbocycles. The molecule has 0 spiro atoms. The Morgan fingerprint density at radius 1 is 0.957 bits per heavy atom. The van der Waals surface area contributed by atoms with E-state index in [9.17, 15) is 26.4 Å². The van der Waals surface area contributed by atoms with E-state index < -0.39 is 45.7 Å². The number of halogens is 4. The van der Waals surface area contributed by atoms with Gasteiger partial charge < -0.3 is 15.4 Å². The molecule has 0 unspecified atom stereocenters. The number of nitrogens with zero attached hydrogens (tertiary/aromatic N) is 3. The molecule has 0 bridgehead atoms. The zero-order valence-corrected chi connectivity index (χ0v) is 27.2. The molecule has 46 heavy (non-hydrogen) atoms. The SMILES string of the molecule is CC(C)(C)CNCC1(C(=O)NS(=O)(=O)c2ccc(Cc3nc(NC4(c5ccc(Cl)cc5)CC4)nc(OCC(F)(F)F)n3)cc2)CC1. The monoisotopic (exact) mass is 680 g/mol. The van der Waals surface area contributed by atoms with E-state index in [2.05, 4.69) is 51.1 Å². The summed E-state index contributed by atoms with van der Waals surface area (Å²) in [6, 6.07) is 12.5. The Morgan fingerprint density at radius 3 is 2.17 bits per heavy atom. The minimum absolute atomic E-state index is 0.0220. The first-order valence-electron chi connectivity index (χ1n) is 14.8. The third-order valence-electron chi connectivity index (χ3n) is 7.80. The molecule has 0 saturated heterocycles. The fourth-order valence-electron chi connectivity index (χ4n) is 4.91. The van der Waals surface area contributed by atoms with Crippen LogP contribution in [0.1, 0.15) is 63.4 Å².